The fourth-order valence-electron chi connectivity index (χ4n) is 3.72. The number of nitrogens with zero attached hydrogens (tertiary/aromatic N) is 1. The number of aromatic carboxylic acids is 1. The molecule has 4 nitrogen and oxygen atoms in total. The zero-order valence-corrected chi connectivity index (χ0v) is 18.9. The summed E-state index contributed by atoms with van der Waals surface area (Å²) in [5.74, 6) is 5.74. The number of rotatable bonds is 4. The van der Waals surface area contributed by atoms with E-state index in [1.165, 1.54) is 0 Å². The number of carboxylic acid groups (broad SMARTS) is 1. The smallest absolute Gasteiger partial charge is 0.348 e. The summed E-state index contributed by atoms with van der Waals surface area (Å²) in [7, 11) is 0. The number of carbonyl (C=O) groups excluding carboxylic acids is 1. The molecule has 0 saturated heterocycles. The Morgan fingerprint density at radius 2 is 1.73 bits per heavy atom. The lowest BCUT2D eigenvalue weighted by molar-refractivity contribution is 0.0702. The van der Waals surface area contributed by atoms with Gasteiger partial charge in [-0.2, -0.15) is 0 Å². The van der Waals surface area contributed by atoms with Gasteiger partial charge in [-0.3, -0.25) is 4.79 Å². The summed E-state index contributed by atoms with van der Waals surface area (Å²) in [6, 6.07) is 10.9. The van der Waals surface area contributed by atoms with E-state index in [2.05, 4.69) is 18.8 Å². The lowest BCUT2D eigenvalue weighted by Crippen LogP contribution is -2.43. The van der Waals surface area contributed by atoms with Crippen LogP contribution in [0.15, 0.2) is 36.4 Å². The molecule has 5 heteroatoms. The second-order valence-corrected chi connectivity index (χ2v) is 10.1. The molecule has 1 saturated carbocycles. The van der Waals surface area contributed by atoms with Gasteiger partial charge in [-0.05, 0) is 70.6 Å². The van der Waals surface area contributed by atoms with Crippen LogP contribution in [0.3, 0.4) is 0 Å². The van der Waals surface area contributed by atoms with Crippen molar-refractivity contribution < 1.29 is 14.7 Å². The van der Waals surface area contributed by atoms with E-state index in [-0.39, 0.29) is 22.2 Å². The first-order valence-electron chi connectivity index (χ1n) is 10.4. The summed E-state index contributed by atoms with van der Waals surface area (Å²) in [6.07, 6.45) is 3.81. The second kappa shape index (κ2) is 9.06. The van der Waals surface area contributed by atoms with Crippen LogP contribution in [0.2, 0.25) is 0 Å². The Morgan fingerprint density at radius 1 is 1.10 bits per heavy atom. The lowest BCUT2D eigenvalue weighted by Gasteiger charge is -2.36. The molecular weight excluding hydrogens is 394 g/mol. The number of carbonyl (C=O) groups is 2. The molecule has 1 aliphatic rings. The monoisotopic (exact) mass is 423 g/mol. The van der Waals surface area contributed by atoms with Gasteiger partial charge in [0.2, 0.25) is 0 Å². The molecule has 1 N–H and O–H groups in total. The van der Waals surface area contributed by atoms with Gasteiger partial charge >= 0.3 is 5.97 Å². The Morgan fingerprint density at radius 3 is 2.30 bits per heavy atom. The average Bonchev–Trinajstić information content (AvgIpc) is 3.12. The van der Waals surface area contributed by atoms with Crippen LogP contribution in [0.25, 0.3) is 0 Å². The summed E-state index contributed by atoms with van der Waals surface area (Å²) in [5.41, 5.74) is 0.854. The molecule has 0 spiro atoms. The first kappa shape index (κ1) is 22.1. The molecule has 1 aromatic carbocycles. The standard InChI is InChI=1S/C25H29NO3S/c1-17-10-12-19(13-11-17)26(23(27)18-8-6-5-7-9-18)21-16-20(14-15-25(2,3)4)30-22(21)24(28)29/h5-9,16-17,19H,10-13H2,1-4H3,(H,28,29)/t17-,19+. The number of hydrogen-bond acceptors (Lipinski definition) is 3. The Kier molecular flexibility index (Phi) is 6.67. The van der Waals surface area contributed by atoms with E-state index in [4.69, 9.17) is 0 Å². The van der Waals surface area contributed by atoms with Crippen molar-refractivity contribution in [1.29, 1.82) is 0 Å². The van der Waals surface area contributed by atoms with E-state index < -0.39 is 5.97 Å². The van der Waals surface area contributed by atoms with E-state index in [9.17, 15) is 14.7 Å². The van der Waals surface area contributed by atoms with Gasteiger partial charge in [0.05, 0.1) is 10.6 Å². The van der Waals surface area contributed by atoms with E-state index in [1.807, 2.05) is 39.0 Å². The molecule has 0 unspecified atom stereocenters. The Bertz CT molecular complexity index is 967. The van der Waals surface area contributed by atoms with E-state index in [1.54, 1.807) is 23.1 Å². The molecule has 3 rings (SSSR count). The van der Waals surface area contributed by atoms with Crippen LogP contribution in [0.5, 0.6) is 0 Å². The molecule has 1 fully saturated rings. The number of anilines is 1. The van der Waals surface area contributed by atoms with Crippen molar-refractivity contribution in [1.82, 2.24) is 0 Å². The number of hydrogen-bond donors (Lipinski definition) is 1. The van der Waals surface area contributed by atoms with Crippen molar-refractivity contribution in [2.24, 2.45) is 11.3 Å². The van der Waals surface area contributed by atoms with E-state index in [0.717, 1.165) is 37.0 Å². The van der Waals surface area contributed by atoms with E-state index >= 15 is 0 Å². The molecule has 30 heavy (non-hydrogen) atoms. The Balaban J connectivity index is 2.08. The van der Waals surface area contributed by atoms with Crippen LogP contribution in [0.1, 0.15) is 78.3 Å². The maximum atomic E-state index is 13.5. The van der Waals surface area contributed by atoms with Gasteiger partial charge in [0.1, 0.15) is 4.88 Å². The van der Waals surface area contributed by atoms with Crippen LogP contribution in [-0.4, -0.2) is 23.0 Å². The van der Waals surface area contributed by atoms with Crippen molar-refractivity contribution in [2.45, 2.75) is 59.4 Å². The van der Waals surface area contributed by atoms with Gasteiger partial charge in [-0.1, -0.05) is 37.0 Å². The third-order valence-electron chi connectivity index (χ3n) is 5.32. The third-order valence-corrected chi connectivity index (χ3v) is 6.34. The number of amides is 1. The highest BCUT2D eigenvalue weighted by Crippen LogP contribution is 2.37. The molecule has 0 atom stereocenters. The summed E-state index contributed by atoms with van der Waals surface area (Å²) < 4.78 is 0. The van der Waals surface area contributed by atoms with Crippen molar-refractivity contribution in [3.05, 3.63) is 51.7 Å². The number of carboxylic acids is 1. The van der Waals surface area contributed by atoms with Crippen LogP contribution in [0.4, 0.5) is 5.69 Å². The van der Waals surface area contributed by atoms with Gasteiger partial charge in [-0.15, -0.1) is 11.3 Å². The van der Waals surface area contributed by atoms with Crippen LogP contribution >= 0.6 is 11.3 Å². The van der Waals surface area contributed by atoms with Gasteiger partial charge in [0.15, 0.2) is 0 Å². The molecule has 2 aromatic rings. The van der Waals surface area contributed by atoms with Gasteiger partial charge in [0.25, 0.3) is 5.91 Å². The SMILES string of the molecule is CC(C)(C)C#Cc1cc(N(C(=O)c2ccccc2)[C@H]2CC[C@@H](C)CC2)c(C(=O)O)s1. The summed E-state index contributed by atoms with van der Waals surface area (Å²) >= 11 is 1.15. The van der Waals surface area contributed by atoms with Crippen molar-refractivity contribution in [2.75, 3.05) is 4.90 Å². The molecule has 1 heterocycles. The average molecular weight is 424 g/mol. The zero-order chi connectivity index (χ0) is 21.9. The molecule has 1 aliphatic carbocycles. The molecule has 1 aromatic heterocycles. The number of benzene rings is 1. The maximum Gasteiger partial charge on any atom is 0.348 e. The highest BCUT2D eigenvalue weighted by atomic mass is 32.1. The third kappa shape index (κ3) is 5.31. The van der Waals surface area contributed by atoms with Crippen LogP contribution in [0, 0.1) is 23.2 Å². The summed E-state index contributed by atoms with van der Waals surface area (Å²) in [5, 5.41) is 9.87. The molecule has 158 valence electrons. The van der Waals surface area contributed by atoms with E-state index in [0.29, 0.717) is 22.0 Å². The fourth-order valence-corrected chi connectivity index (χ4v) is 4.56. The largest absolute Gasteiger partial charge is 0.477 e. The predicted molar refractivity (Wildman–Crippen MR) is 122 cm³/mol. The quantitative estimate of drug-likeness (QED) is 0.607. The normalized spacial score (nSPS) is 18.9. The molecule has 1 amide bonds. The molecular formula is C25H29NO3S. The van der Waals surface area contributed by atoms with Gasteiger partial charge in [0, 0.05) is 17.0 Å². The van der Waals surface area contributed by atoms with Crippen LogP contribution in [-0.2, 0) is 0 Å². The Labute approximate surface area is 182 Å². The fraction of sp³-hybridized carbons (Fsp3) is 0.440. The van der Waals surface area contributed by atoms with Gasteiger partial charge in [-0.25, -0.2) is 4.79 Å². The number of thiophene rings is 1. The zero-order valence-electron chi connectivity index (χ0n) is 18.1. The Hall–Kier alpha value is -2.58. The lowest BCUT2D eigenvalue weighted by atomic mass is 9.86. The predicted octanol–water partition coefficient (Wildman–Crippen LogP) is 6.07. The second-order valence-electron chi connectivity index (χ2n) is 9.09. The highest BCUT2D eigenvalue weighted by Gasteiger charge is 2.33. The minimum Gasteiger partial charge on any atom is -0.477 e. The van der Waals surface area contributed by atoms with Crippen LogP contribution < -0.4 is 4.90 Å². The van der Waals surface area contributed by atoms with Gasteiger partial charge < -0.3 is 10.0 Å². The highest BCUT2D eigenvalue weighted by molar-refractivity contribution is 7.15. The molecule has 0 aliphatic heterocycles. The first-order chi connectivity index (χ1) is 14.2. The summed E-state index contributed by atoms with van der Waals surface area (Å²) in [6.45, 7) is 8.27. The van der Waals surface area contributed by atoms with Crippen molar-refractivity contribution in [3.63, 3.8) is 0 Å². The summed E-state index contributed by atoms with van der Waals surface area (Å²) in [4.78, 5) is 28.2. The first-order valence-corrected chi connectivity index (χ1v) is 11.3. The minimum absolute atomic E-state index is 0.00923. The maximum absolute atomic E-state index is 13.5. The van der Waals surface area contributed by atoms with Crippen molar-refractivity contribution in [3.8, 4) is 11.8 Å². The molecule has 0 radical (unpaired) electrons. The molecule has 0 bridgehead atoms. The minimum atomic E-state index is -1.02. The van der Waals surface area contributed by atoms with Crippen molar-refractivity contribution >= 4 is 28.9 Å². The topological polar surface area (TPSA) is 57.6 Å².